The molecule has 3 aromatic rings. The van der Waals surface area contributed by atoms with E-state index in [2.05, 4.69) is 44.3 Å². The predicted molar refractivity (Wildman–Crippen MR) is 189 cm³/mol. The fourth-order valence-electron chi connectivity index (χ4n) is 9.06. The molecule has 6 aliphatic heterocycles. The van der Waals surface area contributed by atoms with E-state index in [1.54, 1.807) is 0 Å². The molecule has 49 heavy (non-hydrogen) atoms. The number of likely N-dealkylation sites (tertiary alicyclic amines) is 1. The normalized spacial score (nSPS) is 26.1. The Hall–Kier alpha value is -4.21. The van der Waals surface area contributed by atoms with E-state index >= 15 is 0 Å². The summed E-state index contributed by atoms with van der Waals surface area (Å²) in [6, 6.07) is 26.1. The van der Waals surface area contributed by atoms with Crippen LogP contribution >= 0.6 is 0 Å². The van der Waals surface area contributed by atoms with Crippen LogP contribution in [-0.4, -0.2) is 90.1 Å². The number of para-hydroxylation sites is 2. The third-order valence-electron chi connectivity index (χ3n) is 11.8. The summed E-state index contributed by atoms with van der Waals surface area (Å²) < 4.78 is 6.02. The number of hydrogen-bond donors (Lipinski definition) is 1. The summed E-state index contributed by atoms with van der Waals surface area (Å²) in [5, 5.41) is 3.01. The molecule has 5 saturated heterocycles. The number of carbonyl (C=O) groups is 3. The van der Waals surface area contributed by atoms with Gasteiger partial charge in [-0.25, -0.2) is 4.79 Å². The molecule has 6 heterocycles. The highest BCUT2D eigenvalue weighted by atomic mass is 16.5. The number of nitrogens with one attached hydrogen (secondary N) is 1. The van der Waals surface area contributed by atoms with Crippen LogP contribution in [-0.2, 0) is 20.9 Å². The Balaban J connectivity index is 0.917. The SMILES string of the molecule is O=C1CC(CCCN2CCC3(CC2)C(=O)N(Cc2cccc(C(=O)OC4CN5CCC4CC5)c2)CN3c2ccccc2)c2ccccc2N1. The second-order valence-electron chi connectivity index (χ2n) is 14.7. The maximum Gasteiger partial charge on any atom is 0.338 e. The van der Waals surface area contributed by atoms with Crippen molar-refractivity contribution in [3.8, 4) is 0 Å². The molecule has 2 atom stereocenters. The predicted octanol–water partition coefficient (Wildman–Crippen LogP) is 5.48. The van der Waals surface area contributed by atoms with Gasteiger partial charge in [0, 0.05) is 44.0 Å². The van der Waals surface area contributed by atoms with Crippen molar-refractivity contribution in [2.24, 2.45) is 5.92 Å². The number of anilines is 2. The van der Waals surface area contributed by atoms with Crippen LogP contribution in [0.5, 0.6) is 0 Å². The zero-order valence-corrected chi connectivity index (χ0v) is 28.3. The molecular formula is C40H47N5O4. The van der Waals surface area contributed by atoms with Gasteiger partial charge in [-0.1, -0.05) is 48.5 Å². The highest BCUT2D eigenvalue weighted by molar-refractivity contribution is 5.95. The van der Waals surface area contributed by atoms with E-state index < -0.39 is 5.54 Å². The monoisotopic (exact) mass is 661 g/mol. The van der Waals surface area contributed by atoms with Crippen molar-refractivity contribution in [3.63, 3.8) is 0 Å². The highest BCUT2D eigenvalue weighted by Crippen LogP contribution is 2.41. The van der Waals surface area contributed by atoms with Crippen molar-refractivity contribution in [2.75, 3.05) is 56.2 Å². The molecule has 2 amide bonds. The standard InChI is InChI=1S/C40H47N5O4/c46-37-25-31(34-13-4-5-14-35(34)41-37)10-7-19-42-22-17-40(18-23-42)39(48)44(28-45(40)33-11-2-1-3-12-33)26-29-8-6-9-32(24-29)38(47)49-36-27-43-20-15-30(36)16-21-43/h1-6,8-9,11-14,24,30-31,36H,7,10,15-23,25-28H2,(H,41,46). The van der Waals surface area contributed by atoms with E-state index in [-0.39, 0.29) is 29.8 Å². The lowest BCUT2D eigenvalue weighted by atomic mass is 9.84. The number of carbonyl (C=O) groups excluding carboxylic acids is 3. The van der Waals surface area contributed by atoms with Gasteiger partial charge in [0.2, 0.25) is 11.8 Å². The molecule has 2 unspecified atom stereocenters. The lowest BCUT2D eigenvalue weighted by Gasteiger charge is -2.43. The van der Waals surface area contributed by atoms with Crippen molar-refractivity contribution in [2.45, 2.75) is 69.1 Å². The van der Waals surface area contributed by atoms with Gasteiger partial charge in [0.05, 0.1) is 12.2 Å². The fraction of sp³-hybridized carbons (Fsp3) is 0.475. The third-order valence-corrected chi connectivity index (χ3v) is 11.8. The molecule has 9 nitrogen and oxygen atoms in total. The molecule has 1 N–H and O–H groups in total. The van der Waals surface area contributed by atoms with Gasteiger partial charge in [0.25, 0.3) is 0 Å². The zero-order valence-electron chi connectivity index (χ0n) is 28.3. The van der Waals surface area contributed by atoms with Crippen LogP contribution < -0.4 is 10.2 Å². The van der Waals surface area contributed by atoms with Crippen LogP contribution in [0, 0.1) is 5.92 Å². The molecular weight excluding hydrogens is 614 g/mol. The van der Waals surface area contributed by atoms with Gasteiger partial charge in [-0.3, -0.25) is 14.5 Å². The van der Waals surface area contributed by atoms with E-state index in [4.69, 9.17) is 4.74 Å². The maximum atomic E-state index is 14.4. The highest BCUT2D eigenvalue weighted by Gasteiger charge is 2.53. The number of hydrogen-bond acceptors (Lipinski definition) is 7. The van der Waals surface area contributed by atoms with Gasteiger partial charge in [0.1, 0.15) is 11.6 Å². The molecule has 3 aromatic carbocycles. The van der Waals surface area contributed by atoms with Crippen LogP contribution in [0.3, 0.4) is 0 Å². The summed E-state index contributed by atoms with van der Waals surface area (Å²) in [5.41, 5.74) is 4.16. The molecule has 1 spiro atoms. The van der Waals surface area contributed by atoms with Crippen molar-refractivity contribution in [1.29, 1.82) is 0 Å². The quantitative estimate of drug-likeness (QED) is 0.304. The molecule has 0 saturated carbocycles. The molecule has 5 fully saturated rings. The van der Waals surface area contributed by atoms with Crippen molar-refractivity contribution >= 4 is 29.2 Å². The van der Waals surface area contributed by atoms with E-state index in [9.17, 15) is 14.4 Å². The van der Waals surface area contributed by atoms with Crippen LogP contribution in [0.1, 0.15) is 72.3 Å². The second-order valence-corrected chi connectivity index (χ2v) is 14.7. The van der Waals surface area contributed by atoms with Crippen molar-refractivity contribution in [3.05, 3.63) is 95.6 Å². The van der Waals surface area contributed by atoms with Gasteiger partial charge in [0.15, 0.2) is 0 Å². The van der Waals surface area contributed by atoms with Gasteiger partial charge in [-0.05, 0) is 111 Å². The minimum absolute atomic E-state index is 0.0329. The van der Waals surface area contributed by atoms with E-state index in [1.807, 2.05) is 59.5 Å². The Kier molecular flexibility index (Phi) is 8.89. The Morgan fingerprint density at radius 2 is 1.67 bits per heavy atom. The molecule has 9 rings (SSSR count). The Bertz CT molecular complexity index is 1680. The summed E-state index contributed by atoms with van der Waals surface area (Å²) in [5.74, 6) is 0.717. The van der Waals surface area contributed by atoms with Crippen molar-refractivity contribution in [1.82, 2.24) is 14.7 Å². The van der Waals surface area contributed by atoms with Gasteiger partial charge in [-0.15, -0.1) is 0 Å². The Morgan fingerprint density at radius 3 is 2.45 bits per heavy atom. The lowest BCUT2D eigenvalue weighted by molar-refractivity contribution is -0.134. The number of piperidine rings is 4. The maximum absolute atomic E-state index is 14.4. The van der Waals surface area contributed by atoms with Crippen LogP contribution in [0.15, 0.2) is 78.9 Å². The van der Waals surface area contributed by atoms with Crippen LogP contribution in [0.25, 0.3) is 0 Å². The summed E-state index contributed by atoms with van der Waals surface area (Å²) >= 11 is 0. The summed E-state index contributed by atoms with van der Waals surface area (Å²) in [6.07, 6.45) is 6.22. The molecule has 0 aliphatic carbocycles. The number of amides is 2. The van der Waals surface area contributed by atoms with Crippen LogP contribution in [0.2, 0.25) is 0 Å². The number of rotatable bonds is 9. The Morgan fingerprint density at radius 1 is 0.898 bits per heavy atom. The number of nitrogens with zero attached hydrogens (tertiary/aromatic N) is 4. The summed E-state index contributed by atoms with van der Waals surface area (Å²) in [7, 11) is 0. The number of ether oxygens (including phenoxy) is 1. The first-order valence-corrected chi connectivity index (χ1v) is 18.2. The largest absolute Gasteiger partial charge is 0.457 e. The van der Waals surface area contributed by atoms with Crippen LogP contribution in [0.4, 0.5) is 11.4 Å². The van der Waals surface area contributed by atoms with Gasteiger partial charge in [-0.2, -0.15) is 0 Å². The van der Waals surface area contributed by atoms with Gasteiger partial charge < -0.3 is 24.8 Å². The molecule has 256 valence electrons. The van der Waals surface area contributed by atoms with Gasteiger partial charge >= 0.3 is 5.97 Å². The molecule has 6 aliphatic rings. The summed E-state index contributed by atoms with van der Waals surface area (Å²) in [6.45, 7) is 6.68. The minimum atomic E-state index is -0.593. The minimum Gasteiger partial charge on any atom is -0.457 e. The smallest absolute Gasteiger partial charge is 0.338 e. The zero-order chi connectivity index (χ0) is 33.4. The number of esters is 1. The number of benzene rings is 3. The molecule has 2 bridgehead atoms. The second kappa shape index (κ2) is 13.6. The fourth-order valence-corrected chi connectivity index (χ4v) is 9.06. The van der Waals surface area contributed by atoms with E-state index in [0.29, 0.717) is 31.1 Å². The number of fused-ring (bicyclic) bond motifs is 4. The third kappa shape index (κ3) is 6.46. The first-order valence-electron chi connectivity index (χ1n) is 18.2. The lowest BCUT2D eigenvalue weighted by Crippen LogP contribution is -2.56. The van der Waals surface area contributed by atoms with E-state index in [1.165, 1.54) is 5.56 Å². The first-order chi connectivity index (χ1) is 23.9. The molecule has 0 radical (unpaired) electrons. The van der Waals surface area contributed by atoms with E-state index in [0.717, 1.165) is 94.7 Å². The van der Waals surface area contributed by atoms with Crippen molar-refractivity contribution < 1.29 is 19.1 Å². The molecule has 9 heteroatoms. The first kappa shape index (κ1) is 32.0. The summed E-state index contributed by atoms with van der Waals surface area (Å²) in [4.78, 5) is 49.2. The molecule has 0 aromatic heterocycles. The average Bonchev–Trinajstić information content (AvgIpc) is 3.39. The topological polar surface area (TPSA) is 85.4 Å². The Labute approximate surface area is 289 Å². The average molecular weight is 662 g/mol.